The molecule has 0 amide bonds. The zero-order valence-corrected chi connectivity index (χ0v) is 9.93. The molecule has 16 heavy (non-hydrogen) atoms. The van der Waals surface area contributed by atoms with Crippen LogP contribution in [0.5, 0.6) is 0 Å². The summed E-state index contributed by atoms with van der Waals surface area (Å²) >= 11 is 0. The molecule has 1 heterocycles. The number of guanidine groups is 1. The maximum Gasteiger partial charge on any atom is 0.196 e. The highest BCUT2D eigenvalue weighted by molar-refractivity contribution is 5.97. The third-order valence-corrected chi connectivity index (χ3v) is 3.35. The Kier molecular flexibility index (Phi) is 3.13. The van der Waals surface area contributed by atoms with Crippen molar-refractivity contribution in [2.75, 3.05) is 11.4 Å². The quantitative estimate of drug-likeness (QED) is 0.843. The predicted octanol–water partition coefficient (Wildman–Crippen LogP) is 2.24. The van der Waals surface area contributed by atoms with E-state index in [9.17, 15) is 0 Å². The van der Waals surface area contributed by atoms with E-state index in [2.05, 4.69) is 35.9 Å². The molecule has 0 fully saturated rings. The molecule has 86 valence electrons. The number of rotatable bonds is 3. The van der Waals surface area contributed by atoms with Gasteiger partial charge in [-0.2, -0.15) is 0 Å². The fourth-order valence-electron chi connectivity index (χ4n) is 2.13. The lowest BCUT2D eigenvalue weighted by Gasteiger charge is -2.30. The Balaban J connectivity index is 2.26. The van der Waals surface area contributed by atoms with Gasteiger partial charge in [-0.05, 0) is 18.1 Å². The molecule has 3 nitrogen and oxygen atoms in total. The van der Waals surface area contributed by atoms with Crippen LogP contribution in [0.15, 0.2) is 35.3 Å². The first-order valence-electron chi connectivity index (χ1n) is 5.88. The number of benzene rings is 1. The fourth-order valence-corrected chi connectivity index (χ4v) is 2.13. The minimum atomic E-state index is 0.410. The SMILES string of the molecule is CCC(C)C1CN=C(N)N1c1ccccc1. The number of nitrogens with zero attached hydrogens (tertiary/aromatic N) is 2. The van der Waals surface area contributed by atoms with Crippen LogP contribution in [0.2, 0.25) is 0 Å². The maximum absolute atomic E-state index is 5.97. The van der Waals surface area contributed by atoms with Crippen LogP contribution in [-0.2, 0) is 0 Å². The summed E-state index contributed by atoms with van der Waals surface area (Å²) in [5.41, 5.74) is 7.11. The summed E-state index contributed by atoms with van der Waals surface area (Å²) in [7, 11) is 0. The van der Waals surface area contributed by atoms with Crippen LogP contribution in [-0.4, -0.2) is 18.5 Å². The normalized spacial score (nSPS) is 22.0. The molecular weight excluding hydrogens is 198 g/mol. The van der Waals surface area contributed by atoms with Crippen molar-refractivity contribution in [2.24, 2.45) is 16.6 Å². The highest BCUT2D eigenvalue weighted by Crippen LogP contribution is 2.25. The molecule has 1 aliphatic heterocycles. The van der Waals surface area contributed by atoms with Gasteiger partial charge in [-0.15, -0.1) is 0 Å². The molecule has 0 aliphatic carbocycles. The smallest absolute Gasteiger partial charge is 0.196 e. The van der Waals surface area contributed by atoms with Gasteiger partial charge in [-0.3, -0.25) is 4.99 Å². The van der Waals surface area contributed by atoms with E-state index < -0.39 is 0 Å². The highest BCUT2D eigenvalue weighted by atomic mass is 15.3. The van der Waals surface area contributed by atoms with Crippen LogP contribution < -0.4 is 10.6 Å². The second-order valence-corrected chi connectivity index (χ2v) is 4.36. The number of para-hydroxylation sites is 1. The second kappa shape index (κ2) is 4.56. The highest BCUT2D eigenvalue weighted by Gasteiger charge is 2.30. The van der Waals surface area contributed by atoms with Gasteiger partial charge < -0.3 is 10.6 Å². The van der Waals surface area contributed by atoms with Gasteiger partial charge in [0.2, 0.25) is 0 Å². The largest absolute Gasteiger partial charge is 0.370 e. The minimum absolute atomic E-state index is 0.410. The Bertz CT molecular complexity index is 372. The van der Waals surface area contributed by atoms with Gasteiger partial charge in [-0.25, -0.2) is 0 Å². The summed E-state index contributed by atoms with van der Waals surface area (Å²) < 4.78 is 0. The van der Waals surface area contributed by atoms with Gasteiger partial charge in [0.1, 0.15) is 0 Å². The van der Waals surface area contributed by atoms with Crippen molar-refractivity contribution in [3.05, 3.63) is 30.3 Å². The number of anilines is 1. The average Bonchev–Trinajstić information content (AvgIpc) is 2.71. The van der Waals surface area contributed by atoms with Crippen molar-refractivity contribution in [1.29, 1.82) is 0 Å². The maximum atomic E-state index is 5.97. The summed E-state index contributed by atoms with van der Waals surface area (Å²) in [6.07, 6.45) is 1.15. The topological polar surface area (TPSA) is 41.6 Å². The molecule has 0 aromatic heterocycles. The number of nitrogens with two attached hydrogens (primary N) is 1. The third kappa shape index (κ3) is 1.90. The van der Waals surface area contributed by atoms with E-state index in [0.717, 1.165) is 18.7 Å². The number of hydrogen-bond acceptors (Lipinski definition) is 3. The molecule has 0 radical (unpaired) electrons. The van der Waals surface area contributed by atoms with Crippen molar-refractivity contribution >= 4 is 11.6 Å². The molecule has 0 spiro atoms. The lowest BCUT2D eigenvalue weighted by Crippen LogP contribution is -2.44. The van der Waals surface area contributed by atoms with Gasteiger partial charge in [-0.1, -0.05) is 38.5 Å². The molecule has 2 unspecified atom stereocenters. The van der Waals surface area contributed by atoms with E-state index in [-0.39, 0.29) is 0 Å². The Morgan fingerprint density at radius 3 is 2.75 bits per heavy atom. The number of aliphatic imine (C=N–C) groups is 1. The standard InChI is InChI=1S/C13H19N3/c1-3-10(2)12-9-15-13(14)16(12)11-7-5-4-6-8-11/h4-8,10,12H,3,9H2,1-2H3,(H2,14,15). The van der Waals surface area contributed by atoms with E-state index in [4.69, 9.17) is 5.73 Å². The summed E-state index contributed by atoms with van der Waals surface area (Å²) in [6.45, 7) is 5.28. The first kappa shape index (κ1) is 11.0. The van der Waals surface area contributed by atoms with Crippen LogP contribution in [0.25, 0.3) is 0 Å². The summed E-state index contributed by atoms with van der Waals surface area (Å²) in [4.78, 5) is 6.53. The van der Waals surface area contributed by atoms with E-state index in [0.29, 0.717) is 17.9 Å². The van der Waals surface area contributed by atoms with Crippen molar-refractivity contribution < 1.29 is 0 Å². The predicted molar refractivity (Wildman–Crippen MR) is 68.7 cm³/mol. The molecule has 1 aromatic rings. The zero-order valence-electron chi connectivity index (χ0n) is 9.93. The molecule has 0 bridgehead atoms. The van der Waals surface area contributed by atoms with E-state index >= 15 is 0 Å². The van der Waals surface area contributed by atoms with Crippen LogP contribution >= 0.6 is 0 Å². The van der Waals surface area contributed by atoms with Gasteiger partial charge >= 0.3 is 0 Å². The molecule has 3 heteroatoms. The second-order valence-electron chi connectivity index (χ2n) is 4.36. The molecular formula is C13H19N3. The Morgan fingerprint density at radius 1 is 1.44 bits per heavy atom. The molecule has 2 rings (SSSR count). The lowest BCUT2D eigenvalue weighted by molar-refractivity contribution is 0.462. The number of hydrogen-bond donors (Lipinski definition) is 1. The zero-order chi connectivity index (χ0) is 11.5. The van der Waals surface area contributed by atoms with Crippen LogP contribution in [0, 0.1) is 5.92 Å². The molecule has 2 atom stereocenters. The monoisotopic (exact) mass is 217 g/mol. The lowest BCUT2D eigenvalue weighted by atomic mass is 9.98. The summed E-state index contributed by atoms with van der Waals surface area (Å²) in [5, 5.41) is 0. The Labute approximate surface area is 97.0 Å². The Morgan fingerprint density at radius 2 is 2.12 bits per heavy atom. The summed E-state index contributed by atoms with van der Waals surface area (Å²) in [5.74, 6) is 1.25. The van der Waals surface area contributed by atoms with Gasteiger partial charge in [0.25, 0.3) is 0 Å². The minimum Gasteiger partial charge on any atom is -0.370 e. The molecule has 0 saturated carbocycles. The van der Waals surface area contributed by atoms with E-state index in [1.165, 1.54) is 0 Å². The fraction of sp³-hybridized carbons (Fsp3) is 0.462. The van der Waals surface area contributed by atoms with Crippen molar-refractivity contribution in [3.63, 3.8) is 0 Å². The Hall–Kier alpha value is -1.51. The van der Waals surface area contributed by atoms with Gasteiger partial charge in [0.05, 0.1) is 12.6 Å². The van der Waals surface area contributed by atoms with Crippen LogP contribution in [0.3, 0.4) is 0 Å². The first-order valence-corrected chi connectivity index (χ1v) is 5.88. The molecule has 0 saturated heterocycles. The van der Waals surface area contributed by atoms with Crippen LogP contribution in [0.4, 0.5) is 5.69 Å². The van der Waals surface area contributed by atoms with E-state index in [1.54, 1.807) is 0 Å². The first-order chi connectivity index (χ1) is 7.74. The third-order valence-electron chi connectivity index (χ3n) is 3.35. The summed E-state index contributed by atoms with van der Waals surface area (Å²) in [6, 6.07) is 10.7. The van der Waals surface area contributed by atoms with E-state index in [1.807, 2.05) is 18.2 Å². The van der Waals surface area contributed by atoms with Gasteiger partial charge in [0, 0.05) is 5.69 Å². The molecule has 2 N–H and O–H groups in total. The average molecular weight is 217 g/mol. The molecule has 1 aliphatic rings. The van der Waals surface area contributed by atoms with Crippen molar-refractivity contribution in [2.45, 2.75) is 26.3 Å². The van der Waals surface area contributed by atoms with Crippen molar-refractivity contribution in [1.82, 2.24) is 0 Å². The molecule has 1 aromatic carbocycles. The van der Waals surface area contributed by atoms with Crippen LogP contribution in [0.1, 0.15) is 20.3 Å². The van der Waals surface area contributed by atoms with Crippen molar-refractivity contribution in [3.8, 4) is 0 Å². The van der Waals surface area contributed by atoms with Gasteiger partial charge in [0.15, 0.2) is 5.96 Å².